The van der Waals surface area contributed by atoms with Crippen molar-refractivity contribution in [2.24, 2.45) is 0 Å². The van der Waals surface area contributed by atoms with Gasteiger partial charge in [-0.1, -0.05) is 86.2 Å². The van der Waals surface area contributed by atoms with E-state index in [9.17, 15) is 0 Å². The van der Waals surface area contributed by atoms with Gasteiger partial charge in [0.2, 0.25) is 0 Å². The quantitative estimate of drug-likeness (QED) is 0.355. The van der Waals surface area contributed by atoms with Crippen molar-refractivity contribution in [2.45, 2.75) is 38.3 Å². The van der Waals surface area contributed by atoms with Gasteiger partial charge in [-0.15, -0.1) is 13.2 Å². The van der Waals surface area contributed by atoms with Crippen molar-refractivity contribution < 1.29 is 4.84 Å². The molecule has 2 aromatic rings. The summed E-state index contributed by atoms with van der Waals surface area (Å²) in [7, 11) is 0. The van der Waals surface area contributed by atoms with Crippen molar-refractivity contribution >= 4 is 0 Å². The minimum atomic E-state index is 0.0437. The van der Waals surface area contributed by atoms with Gasteiger partial charge in [-0.3, -0.25) is 4.84 Å². The fourth-order valence-corrected chi connectivity index (χ4v) is 3.00. The monoisotopic (exact) mass is 335 g/mol. The van der Waals surface area contributed by atoms with Crippen molar-refractivity contribution in [3.63, 3.8) is 0 Å². The lowest BCUT2D eigenvalue weighted by Gasteiger charge is -2.33. The number of hydroxylamine groups is 2. The largest absolute Gasteiger partial charge is 0.290 e. The summed E-state index contributed by atoms with van der Waals surface area (Å²) in [6.07, 6.45) is 6.77. The SMILES string of the molecule is C=CCC(c1ccccc1)N(CC=C)OC(CCC)c1ccccc1. The summed E-state index contributed by atoms with van der Waals surface area (Å²) < 4.78 is 0. The molecule has 0 fully saturated rings. The fraction of sp³-hybridized carbons (Fsp3) is 0.304. The maximum absolute atomic E-state index is 6.50. The van der Waals surface area contributed by atoms with E-state index >= 15 is 0 Å². The van der Waals surface area contributed by atoms with Crippen molar-refractivity contribution in [2.75, 3.05) is 6.54 Å². The average Bonchev–Trinajstić information content (AvgIpc) is 2.67. The molecule has 2 nitrogen and oxygen atoms in total. The van der Waals surface area contributed by atoms with Crippen LogP contribution in [0.2, 0.25) is 0 Å². The van der Waals surface area contributed by atoms with E-state index in [1.807, 2.05) is 24.3 Å². The normalized spacial score (nSPS) is 13.4. The van der Waals surface area contributed by atoms with Crippen LogP contribution in [0.3, 0.4) is 0 Å². The second-order valence-corrected chi connectivity index (χ2v) is 6.13. The zero-order valence-electron chi connectivity index (χ0n) is 15.2. The van der Waals surface area contributed by atoms with E-state index in [0.29, 0.717) is 6.54 Å². The highest BCUT2D eigenvalue weighted by atomic mass is 16.7. The van der Waals surface area contributed by atoms with Crippen molar-refractivity contribution in [1.29, 1.82) is 0 Å². The molecule has 0 saturated heterocycles. The first-order valence-electron chi connectivity index (χ1n) is 9.05. The van der Waals surface area contributed by atoms with Gasteiger partial charge in [0.15, 0.2) is 0 Å². The summed E-state index contributed by atoms with van der Waals surface area (Å²) in [6.45, 7) is 10.7. The lowest BCUT2D eigenvalue weighted by atomic mass is 10.0. The molecule has 0 radical (unpaired) electrons. The summed E-state index contributed by atoms with van der Waals surface area (Å²) in [4.78, 5) is 6.50. The molecular formula is C23H29NO. The predicted molar refractivity (Wildman–Crippen MR) is 106 cm³/mol. The molecule has 2 aromatic carbocycles. The van der Waals surface area contributed by atoms with Crippen LogP contribution in [-0.4, -0.2) is 11.6 Å². The van der Waals surface area contributed by atoms with E-state index in [1.54, 1.807) is 0 Å². The van der Waals surface area contributed by atoms with Gasteiger partial charge in [0.05, 0.1) is 6.04 Å². The summed E-state index contributed by atoms with van der Waals surface area (Å²) in [5.74, 6) is 0. The smallest absolute Gasteiger partial charge is 0.104 e. The zero-order valence-corrected chi connectivity index (χ0v) is 15.2. The highest BCUT2D eigenvalue weighted by Gasteiger charge is 2.23. The van der Waals surface area contributed by atoms with Crippen molar-refractivity contribution in [3.05, 3.63) is 97.1 Å². The number of hydrogen-bond acceptors (Lipinski definition) is 2. The van der Waals surface area contributed by atoms with E-state index in [-0.39, 0.29) is 12.1 Å². The summed E-state index contributed by atoms with van der Waals surface area (Å²) in [5, 5.41) is 2.05. The Morgan fingerprint density at radius 2 is 1.52 bits per heavy atom. The van der Waals surface area contributed by atoms with Crippen LogP contribution in [0, 0.1) is 0 Å². The molecule has 0 heterocycles. The first-order valence-corrected chi connectivity index (χ1v) is 9.05. The average molecular weight is 335 g/mol. The summed E-state index contributed by atoms with van der Waals surface area (Å²) in [5.41, 5.74) is 2.44. The van der Waals surface area contributed by atoms with Crippen LogP contribution in [0.25, 0.3) is 0 Å². The van der Waals surface area contributed by atoms with Crippen LogP contribution in [-0.2, 0) is 4.84 Å². The molecule has 2 heteroatoms. The topological polar surface area (TPSA) is 12.5 Å². The van der Waals surface area contributed by atoms with Crippen molar-refractivity contribution in [3.8, 4) is 0 Å². The predicted octanol–water partition coefficient (Wildman–Crippen LogP) is 6.26. The Morgan fingerprint density at radius 1 is 0.920 bits per heavy atom. The zero-order chi connectivity index (χ0) is 17.9. The molecule has 132 valence electrons. The second kappa shape index (κ2) is 10.7. The van der Waals surface area contributed by atoms with Gasteiger partial charge in [-0.2, -0.15) is 5.06 Å². The van der Waals surface area contributed by atoms with Crippen LogP contribution in [0.4, 0.5) is 0 Å². The molecule has 0 aliphatic carbocycles. The fourth-order valence-electron chi connectivity index (χ4n) is 3.00. The second-order valence-electron chi connectivity index (χ2n) is 6.13. The first-order chi connectivity index (χ1) is 12.3. The maximum atomic E-state index is 6.50. The highest BCUT2D eigenvalue weighted by molar-refractivity contribution is 5.20. The molecule has 0 aromatic heterocycles. The molecule has 2 atom stereocenters. The van der Waals surface area contributed by atoms with Gasteiger partial charge >= 0.3 is 0 Å². The molecule has 0 saturated carbocycles. The first kappa shape index (κ1) is 19.2. The Kier molecular flexibility index (Phi) is 8.17. The van der Waals surface area contributed by atoms with Gasteiger partial charge in [0.1, 0.15) is 6.10 Å². The summed E-state index contributed by atoms with van der Waals surface area (Å²) in [6, 6.07) is 21.0. The van der Waals surface area contributed by atoms with Crippen LogP contribution in [0.15, 0.2) is 86.0 Å². The minimum Gasteiger partial charge on any atom is -0.290 e. The molecule has 0 N–H and O–H groups in total. The third kappa shape index (κ3) is 5.70. The molecule has 0 bridgehead atoms. The van der Waals surface area contributed by atoms with Gasteiger partial charge in [-0.25, -0.2) is 0 Å². The van der Waals surface area contributed by atoms with Gasteiger partial charge in [0.25, 0.3) is 0 Å². The highest BCUT2D eigenvalue weighted by Crippen LogP contribution is 2.31. The van der Waals surface area contributed by atoms with Crippen LogP contribution in [0.1, 0.15) is 49.5 Å². The Morgan fingerprint density at radius 3 is 2.04 bits per heavy atom. The Balaban J connectivity index is 2.27. The lowest BCUT2D eigenvalue weighted by molar-refractivity contribution is -0.221. The number of nitrogens with zero attached hydrogens (tertiary/aromatic N) is 1. The third-order valence-corrected chi connectivity index (χ3v) is 4.22. The van der Waals surface area contributed by atoms with Crippen LogP contribution >= 0.6 is 0 Å². The van der Waals surface area contributed by atoms with Crippen LogP contribution < -0.4 is 0 Å². The van der Waals surface area contributed by atoms with E-state index < -0.39 is 0 Å². The summed E-state index contributed by atoms with van der Waals surface area (Å²) >= 11 is 0. The van der Waals surface area contributed by atoms with Gasteiger partial charge in [0, 0.05) is 6.54 Å². The minimum absolute atomic E-state index is 0.0437. The van der Waals surface area contributed by atoms with E-state index in [2.05, 4.69) is 73.7 Å². The molecule has 0 amide bonds. The maximum Gasteiger partial charge on any atom is 0.104 e. The molecule has 2 unspecified atom stereocenters. The molecular weight excluding hydrogens is 306 g/mol. The molecule has 0 aliphatic rings. The van der Waals surface area contributed by atoms with E-state index in [1.165, 1.54) is 11.1 Å². The Bertz CT molecular complexity index is 623. The van der Waals surface area contributed by atoms with Crippen molar-refractivity contribution in [1.82, 2.24) is 5.06 Å². The standard InChI is InChI=1S/C23H29NO/c1-4-13-22(20-15-9-7-10-16-20)24(19-6-3)25-23(14-5-2)21-17-11-8-12-18-21/h4,6-12,15-18,22-23H,1,3,5,13-14,19H2,2H3. The lowest BCUT2D eigenvalue weighted by Crippen LogP contribution is -2.31. The number of hydrogen-bond donors (Lipinski definition) is 0. The number of rotatable bonds is 11. The van der Waals surface area contributed by atoms with Gasteiger partial charge < -0.3 is 0 Å². The Hall–Kier alpha value is -2.16. The molecule has 2 rings (SSSR count). The van der Waals surface area contributed by atoms with Gasteiger partial charge in [-0.05, 0) is 24.0 Å². The molecule has 0 spiro atoms. The van der Waals surface area contributed by atoms with E-state index in [4.69, 9.17) is 4.84 Å². The van der Waals surface area contributed by atoms with E-state index in [0.717, 1.165) is 19.3 Å². The third-order valence-electron chi connectivity index (χ3n) is 4.22. The molecule has 0 aliphatic heterocycles. The van der Waals surface area contributed by atoms with Crippen LogP contribution in [0.5, 0.6) is 0 Å². The Labute approximate surface area is 152 Å². The molecule has 25 heavy (non-hydrogen) atoms. The number of benzene rings is 2.